The van der Waals surface area contributed by atoms with Crippen molar-refractivity contribution in [3.63, 3.8) is 0 Å². The maximum atomic E-state index is 12.2. The number of anilines is 1. The van der Waals surface area contributed by atoms with Crippen molar-refractivity contribution in [3.8, 4) is 22.8 Å². The van der Waals surface area contributed by atoms with Crippen LogP contribution in [0.4, 0.5) is 5.69 Å². The number of pyridine rings is 1. The van der Waals surface area contributed by atoms with Crippen molar-refractivity contribution in [1.82, 2.24) is 25.1 Å². The molecule has 1 N–H and O–H groups in total. The fourth-order valence-corrected chi connectivity index (χ4v) is 2.54. The summed E-state index contributed by atoms with van der Waals surface area (Å²) in [4.78, 5) is 29.0. The molecule has 0 atom stereocenters. The van der Waals surface area contributed by atoms with Gasteiger partial charge in [-0.3, -0.25) is 9.78 Å². The zero-order valence-electron chi connectivity index (χ0n) is 14.8. The second kappa shape index (κ2) is 8.17. The van der Waals surface area contributed by atoms with Gasteiger partial charge in [0.2, 0.25) is 17.6 Å². The van der Waals surface area contributed by atoms with E-state index in [9.17, 15) is 4.79 Å². The summed E-state index contributed by atoms with van der Waals surface area (Å²) in [5.41, 5.74) is 2.21. The molecule has 8 nitrogen and oxygen atoms in total. The highest BCUT2D eigenvalue weighted by Crippen LogP contribution is 2.16. The SMILES string of the molecule is O=C(CCc1nc(-c2cccnc2)no1)Nc1cnc(-c2ccccc2)nc1. The molecule has 0 fully saturated rings. The summed E-state index contributed by atoms with van der Waals surface area (Å²) in [5.74, 6) is 1.27. The van der Waals surface area contributed by atoms with Crippen LogP contribution in [0.2, 0.25) is 0 Å². The number of hydrogen-bond donors (Lipinski definition) is 1. The molecule has 3 aromatic heterocycles. The molecule has 4 aromatic rings. The van der Waals surface area contributed by atoms with Crippen molar-refractivity contribution in [1.29, 1.82) is 0 Å². The first-order valence-electron chi connectivity index (χ1n) is 8.68. The zero-order valence-corrected chi connectivity index (χ0v) is 14.8. The summed E-state index contributed by atoms with van der Waals surface area (Å²) in [6.45, 7) is 0. The molecular weight excluding hydrogens is 356 g/mol. The number of benzene rings is 1. The molecule has 0 aliphatic rings. The van der Waals surface area contributed by atoms with E-state index in [1.165, 1.54) is 0 Å². The van der Waals surface area contributed by atoms with Gasteiger partial charge in [0, 0.05) is 36.4 Å². The highest BCUT2D eigenvalue weighted by molar-refractivity contribution is 5.90. The van der Waals surface area contributed by atoms with Crippen LogP contribution in [0, 0.1) is 0 Å². The molecule has 4 rings (SSSR count). The van der Waals surface area contributed by atoms with Crippen molar-refractivity contribution in [2.24, 2.45) is 0 Å². The lowest BCUT2D eigenvalue weighted by molar-refractivity contribution is -0.116. The molecule has 3 heterocycles. The number of rotatable bonds is 6. The van der Waals surface area contributed by atoms with Crippen molar-refractivity contribution in [2.45, 2.75) is 12.8 Å². The Morgan fingerprint density at radius 2 is 1.71 bits per heavy atom. The lowest BCUT2D eigenvalue weighted by atomic mass is 10.2. The molecule has 0 saturated heterocycles. The molecule has 1 aromatic carbocycles. The van der Waals surface area contributed by atoms with E-state index in [0.29, 0.717) is 29.6 Å². The van der Waals surface area contributed by atoms with Gasteiger partial charge in [-0.2, -0.15) is 4.98 Å². The summed E-state index contributed by atoms with van der Waals surface area (Å²) in [6, 6.07) is 13.3. The first-order chi connectivity index (χ1) is 13.8. The Kier molecular flexibility index (Phi) is 5.10. The number of hydrogen-bond acceptors (Lipinski definition) is 7. The second-order valence-electron chi connectivity index (χ2n) is 5.96. The van der Waals surface area contributed by atoms with E-state index < -0.39 is 0 Å². The second-order valence-corrected chi connectivity index (χ2v) is 5.96. The number of aryl methyl sites for hydroxylation is 1. The van der Waals surface area contributed by atoms with Gasteiger partial charge in [0.05, 0.1) is 18.1 Å². The highest BCUT2D eigenvalue weighted by Gasteiger charge is 2.11. The number of carbonyl (C=O) groups is 1. The van der Waals surface area contributed by atoms with Gasteiger partial charge in [0.25, 0.3) is 0 Å². The fourth-order valence-electron chi connectivity index (χ4n) is 2.54. The van der Waals surface area contributed by atoms with Gasteiger partial charge in [0.1, 0.15) is 0 Å². The average Bonchev–Trinajstić information content (AvgIpc) is 3.23. The third-order valence-corrected chi connectivity index (χ3v) is 3.92. The minimum atomic E-state index is -0.183. The summed E-state index contributed by atoms with van der Waals surface area (Å²) in [7, 11) is 0. The molecule has 0 bridgehead atoms. The van der Waals surface area contributed by atoms with Crippen LogP contribution in [-0.2, 0) is 11.2 Å². The Morgan fingerprint density at radius 3 is 2.46 bits per heavy atom. The van der Waals surface area contributed by atoms with Crippen LogP contribution in [0.5, 0.6) is 0 Å². The van der Waals surface area contributed by atoms with E-state index in [1.807, 2.05) is 36.4 Å². The van der Waals surface area contributed by atoms with E-state index in [4.69, 9.17) is 4.52 Å². The molecule has 28 heavy (non-hydrogen) atoms. The predicted octanol–water partition coefficient (Wildman–Crippen LogP) is 3.16. The summed E-state index contributed by atoms with van der Waals surface area (Å²) < 4.78 is 5.19. The van der Waals surface area contributed by atoms with Crippen molar-refractivity contribution >= 4 is 11.6 Å². The van der Waals surface area contributed by atoms with E-state index in [-0.39, 0.29) is 12.3 Å². The summed E-state index contributed by atoms with van der Waals surface area (Å²) in [5, 5.41) is 6.67. The number of carbonyl (C=O) groups excluding carboxylic acids is 1. The highest BCUT2D eigenvalue weighted by atomic mass is 16.5. The van der Waals surface area contributed by atoms with Crippen LogP contribution in [0.25, 0.3) is 22.8 Å². The monoisotopic (exact) mass is 372 g/mol. The molecule has 0 saturated carbocycles. The molecule has 0 aliphatic carbocycles. The minimum absolute atomic E-state index is 0.183. The molecule has 0 aliphatic heterocycles. The fraction of sp³-hybridized carbons (Fsp3) is 0.100. The quantitative estimate of drug-likeness (QED) is 0.554. The van der Waals surface area contributed by atoms with Crippen LogP contribution in [0.3, 0.4) is 0 Å². The number of nitrogens with one attached hydrogen (secondary N) is 1. The van der Waals surface area contributed by atoms with Crippen LogP contribution in [-0.4, -0.2) is 31.0 Å². The van der Waals surface area contributed by atoms with Crippen LogP contribution in [0.15, 0.2) is 71.8 Å². The van der Waals surface area contributed by atoms with E-state index in [2.05, 4.69) is 30.4 Å². The van der Waals surface area contributed by atoms with Gasteiger partial charge in [-0.05, 0) is 12.1 Å². The van der Waals surface area contributed by atoms with E-state index in [1.54, 1.807) is 30.9 Å². The Hall–Kier alpha value is -3.94. The van der Waals surface area contributed by atoms with Crippen molar-refractivity contribution in [3.05, 3.63) is 73.1 Å². The summed E-state index contributed by atoms with van der Waals surface area (Å²) >= 11 is 0. The average molecular weight is 372 g/mol. The zero-order chi connectivity index (χ0) is 19.2. The normalized spacial score (nSPS) is 10.6. The molecule has 138 valence electrons. The van der Waals surface area contributed by atoms with Gasteiger partial charge < -0.3 is 9.84 Å². The number of amides is 1. The van der Waals surface area contributed by atoms with Gasteiger partial charge in [-0.15, -0.1) is 0 Å². The number of nitrogens with zero attached hydrogens (tertiary/aromatic N) is 5. The lowest BCUT2D eigenvalue weighted by Gasteiger charge is -2.04. The Labute approximate surface area is 160 Å². The van der Waals surface area contributed by atoms with Gasteiger partial charge in [-0.1, -0.05) is 35.5 Å². The third-order valence-electron chi connectivity index (χ3n) is 3.92. The van der Waals surface area contributed by atoms with Gasteiger partial charge >= 0.3 is 0 Å². The minimum Gasteiger partial charge on any atom is -0.339 e. The third kappa shape index (κ3) is 4.24. The van der Waals surface area contributed by atoms with Crippen LogP contribution >= 0.6 is 0 Å². The standard InChI is InChI=1S/C20H16N6O2/c27-17(8-9-18-25-20(26-28-18)15-7-4-10-21-11-15)24-16-12-22-19(23-13-16)14-5-2-1-3-6-14/h1-7,10-13H,8-9H2,(H,24,27). The van der Waals surface area contributed by atoms with Crippen molar-refractivity contribution in [2.75, 3.05) is 5.32 Å². The summed E-state index contributed by atoms with van der Waals surface area (Å²) in [6.07, 6.45) is 7.03. The maximum absolute atomic E-state index is 12.2. The Bertz CT molecular complexity index is 1050. The van der Waals surface area contributed by atoms with Crippen molar-refractivity contribution < 1.29 is 9.32 Å². The van der Waals surface area contributed by atoms with Gasteiger partial charge in [0.15, 0.2) is 5.82 Å². The topological polar surface area (TPSA) is 107 Å². The van der Waals surface area contributed by atoms with Gasteiger partial charge in [-0.25, -0.2) is 9.97 Å². The molecule has 0 unspecified atom stereocenters. The molecule has 0 spiro atoms. The predicted molar refractivity (Wildman–Crippen MR) is 102 cm³/mol. The first kappa shape index (κ1) is 17.5. The maximum Gasteiger partial charge on any atom is 0.227 e. The molecule has 0 radical (unpaired) electrons. The first-order valence-corrected chi connectivity index (χ1v) is 8.68. The Balaban J connectivity index is 1.32. The molecule has 8 heteroatoms. The van der Waals surface area contributed by atoms with Crippen LogP contribution in [0.1, 0.15) is 12.3 Å². The smallest absolute Gasteiger partial charge is 0.227 e. The van der Waals surface area contributed by atoms with Crippen LogP contribution < -0.4 is 5.32 Å². The molecule has 1 amide bonds. The largest absolute Gasteiger partial charge is 0.339 e. The van der Waals surface area contributed by atoms with E-state index in [0.717, 1.165) is 11.1 Å². The molecular formula is C20H16N6O2. The van der Waals surface area contributed by atoms with E-state index >= 15 is 0 Å². The lowest BCUT2D eigenvalue weighted by Crippen LogP contribution is -2.13. The Morgan fingerprint density at radius 1 is 0.929 bits per heavy atom. The number of aromatic nitrogens is 5.